The lowest BCUT2D eigenvalue weighted by Gasteiger charge is -2.15. The number of nitrogens with one attached hydrogen (secondary N) is 2. The van der Waals surface area contributed by atoms with E-state index >= 15 is 0 Å². The van der Waals surface area contributed by atoms with Gasteiger partial charge in [-0.15, -0.1) is 0 Å². The first-order valence-electron chi connectivity index (χ1n) is 10.9. The molecule has 2 aromatic carbocycles. The van der Waals surface area contributed by atoms with Crippen LogP contribution in [0.15, 0.2) is 47.1 Å². The Morgan fingerprint density at radius 1 is 1.11 bits per heavy atom. The molecule has 2 heterocycles. The molecule has 1 amide bonds. The van der Waals surface area contributed by atoms with E-state index in [2.05, 4.69) is 15.0 Å². The molecule has 2 N–H and O–H groups in total. The molecule has 5 rings (SSSR count). The summed E-state index contributed by atoms with van der Waals surface area (Å²) >= 11 is 12.4. The SMILES string of the molecule is CS(=O)(=O)Nc1ccc2oc3c(OC4CCCC4)ccc(C(=O)Nc4c(Cl)cncc4Cl)c3c2c1. The minimum Gasteiger partial charge on any atom is -0.486 e. The molecule has 1 aliphatic rings. The predicted molar refractivity (Wildman–Crippen MR) is 137 cm³/mol. The normalized spacial score (nSPS) is 14.5. The molecule has 0 bridgehead atoms. The van der Waals surface area contributed by atoms with Crippen molar-refractivity contribution >= 4 is 72.4 Å². The van der Waals surface area contributed by atoms with E-state index in [0.717, 1.165) is 31.9 Å². The number of halogens is 2. The average Bonchev–Trinajstić information content (AvgIpc) is 3.43. The third-order valence-corrected chi connectivity index (χ3v) is 7.00. The molecule has 1 aliphatic carbocycles. The molecule has 1 fully saturated rings. The van der Waals surface area contributed by atoms with Crippen molar-refractivity contribution in [2.75, 3.05) is 16.3 Å². The summed E-state index contributed by atoms with van der Waals surface area (Å²) < 4.78 is 38.4. The van der Waals surface area contributed by atoms with Crippen molar-refractivity contribution in [1.29, 1.82) is 0 Å². The van der Waals surface area contributed by atoms with Crippen LogP contribution in [-0.4, -0.2) is 31.7 Å². The van der Waals surface area contributed by atoms with Gasteiger partial charge < -0.3 is 14.5 Å². The fraction of sp³-hybridized carbons (Fsp3) is 0.250. The molecular formula is C24H21Cl2N3O5S. The highest BCUT2D eigenvalue weighted by molar-refractivity contribution is 7.92. The van der Waals surface area contributed by atoms with Gasteiger partial charge in [-0.25, -0.2) is 8.42 Å². The molecule has 0 radical (unpaired) electrons. The number of fused-ring (bicyclic) bond motifs is 3. The number of rotatable bonds is 6. The third-order valence-electron chi connectivity index (χ3n) is 5.82. The first kappa shape index (κ1) is 23.7. The lowest BCUT2D eigenvalue weighted by Crippen LogP contribution is -2.14. The van der Waals surface area contributed by atoms with Crippen molar-refractivity contribution in [2.45, 2.75) is 31.8 Å². The quantitative estimate of drug-likeness (QED) is 0.303. The molecule has 0 spiro atoms. The van der Waals surface area contributed by atoms with Gasteiger partial charge in [0.2, 0.25) is 10.0 Å². The number of aromatic nitrogens is 1. The lowest BCUT2D eigenvalue weighted by atomic mass is 10.0. The van der Waals surface area contributed by atoms with Crippen molar-refractivity contribution in [3.05, 3.63) is 58.3 Å². The Morgan fingerprint density at radius 2 is 1.83 bits per heavy atom. The molecule has 182 valence electrons. The minimum absolute atomic E-state index is 0.0722. The standard InChI is InChI=1S/C24H21Cl2N3O5S/c1-35(31,32)29-13-6-8-19-16(10-13)21-15(24(30)28-22-17(25)11-27-12-18(22)26)7-9-20(23(21)34-19)33-14-4-2-3-5-14/h6-12,14,29H,2-5H2,1H3,(H,27,28,30). The summed E-state index contributed by atoms with van der Waals surface area (Å²) in [6, 6.07) is 8.24. The Balaban J connectivity index is 1.66. The van der Waals surface area contributed by atoms with Crippen molar-refractivity contribution in [3.63, 3.8) is 0 Å². The van der Waals surface area contributed by atoms with E-state index in [1.165, 1.54) is 12.4 Å². The number of ether oxygens (including phenoxy) is 1. The average molecular weight is 534 g/mol. The maximum Gasteiger partial charge on any atom is 0.256 e. The largest absolute Gasteiger partial charge is 0.486 e. The van der Waals surface area contributed by atoms with Crippen molar-refractivity contribution in [2.24, 2.45) is 0 Å². The van der Waals surface area contributed by atoms with Crippen LogP contribution in [0.1, 0.15) is 36.0 Å². The van der Waals surface area contributed by atoms with E-state index in [9.17, 15) is 13.2 Å². The number of furan rings is 1. The van der Waals surface area contributed by atoms with Crippen LogP contribution in [0.3, 0.4) is 0 Å². The molecule has 0 aliphatic heterocycles. The van der Waals surface area contributed by atoms with E-state index in [1.807, 2.05) is 0 Å². The molecular weight excluding hydrogens is 513 g/mol. The van der Waals surface area contributed by atoms with Gasteiger partial charge in [-0.1, -0.05) is 23.2 Å². The first-order valence-corrected chi connectivity index (χ1v) is 13.6. The van der Waals surface area contributed by atoms with Crippen LogP contribution in [-0.2, 0) is 10.0 Å². The molecule has 1 saturated carbocycles. The fourth-order valence-electron chi connectivity index (χ4n) is 4.31. The van der Waals surface area contributed by atoms with Gasteiger partial charge in [0.25, 0.3) is 5.91 Å². The summed E-state index contributed by atoms with van der Waals surface area (Å²) in [5, 5.41) is 4.19. The number of benzene rings is 2. The van der Waals surface area contributed by atoms with E-state index in [1.54, 1.807) is 30.3 Å². The van der Waals surface area contributed by atoms with Gasteiger partial charge in [0.1, 0.15) is 5.58 Å². The zero-order valence-corrected chi connectivity index (χ0v) is 20.9. The number of sulfonamides is 1. The van der Waals surface area contributed by atoms with Crippen LogP contribution in [0.2, 0.25) is 10.0 Å². The maximum atomic E-state index is 13.4. The van der Waals surface area contributed by atoms with Gasteiger partial charge in [-0.2, -0.15) is 0 Å². The zero-order chi connectivity index (χ0) is 24.7. The highest BCUT2D eigenvalue weighted by Crippen LogP contribution is 2.40. The molecule has 0 unspecified atom stereocenters. The Labute approximate surface area is 211 Å². The third kappa shape index (κ3) is 4.89. The number of amides is 1. The van der Waals surface area contributed by atoms with Gasteiger partial charge in [-0.05, 0) is 56.0 Å². The van der Waals surface area contributed by atoms with Crippen molar-refractivity contribution in [1.82, 2.24) is 4.98 Å². The van der Waals surface area contributed by atoms with E-state index in [4.69, 9.17) is 32.4 Å². The van der Waals surface area contributed by atoms with Gasteiger partial charge in [0.15, 0.2) is 11.3 Å². The van der Waals surface area contributed by atoms with Crippen LogP contribution in [0, 0.1) is 0 Å². The van der Waals surface area contributed by atoms with E-state index in [-0.39, 0.29) is 27.4 Å². The second-order valence-electron chi connectivity index (χ2n) is 8.46. The summed E-state index contributed by atoms with van der Waals surface area (Å²) in [5.41, 5.74) is 1.76. The van der Waals surface area contributed by atoms with Gasteiger partial charge in [-0.3, -0.25) is 14.5 Å². The second kappa shape index (κ2) is 9.22. The van der Waals surface area contributed by atoms with Crippen LogP contribution in [0.25, 0.3) is 21.9 Å². The van der Waals surface area contributed by atoms with E-state index < -0.39 is 15.9 Å². The number of pyridine rings is 1. The summed E-state index contributed by atoms with van der Waals surface area (Å²) in [5.74, 6) is 0.0545. The van der Waals surface area contributed by atoms with Crippen LogP contribution >= 0.6 is 23.2 Å². The Bertz CT molecular complexity index is 1540. The fourth-order valence-corrected chi connectivity index (χ4v) is 5.33. The van der Waals surface area contributed by atoms with Crippen LogP contribution < -0.4 is 14.8 Å². The molecule has 0 saturated heterocycles. The van der Waals surface area contributed by atoms with Crippen LogP contribution in [0.4, 0.5) is 11.4 Å². The topological polar surface area (TPSA) is 111 Å². The van der Waals surface area contributed by atoms with Crippen LogP contribution in [0.5, 0.6) is 5.75 Å². The Kier molecular flexibility index (Phi) is 6.25. The predicted octanol–water partition coefficient (Wildman–Crippen LogP) is 6.23. The smallest absolute Gasteiger partial charge is 0.256 e. The molecule has 11 heteroatoms. The van der Waals surface area contributed by atoms with Gasteiger partial charge in [0, 0.05) is 28.9 Å². The molecule has 0 atom stereocenters. The summed E-state index contributed by atoms with van der Waals surface area (Å²) in [6.07, 6.45) is 8.00. The summed E-state index contributed by atoms with van der Waals surface area (Å²) in [6.45, 7) is 0. The Hall–Kier alpha value is -3.01. The monoisotopic (exact) mass is 533 g/mol. The van der Waals surface area contributed by atoms with Gasteiger partial charge >= 0.3 is 0 Å². The minimum atomic E-state index is -3.50. The number of carbonyl (C=O) groups is 1. The van der Waals surface area contributed by atoms with E-state index in [0.29, 0.717) is 33.4 Å². The number of anilines is 2. The molecule has 2 aromatic heterocycles. The summed E-state index contributed by atoms with van der Waals surface area (Å²) in [7, 11) is -3.50. The van der Waals surface area contributed by atoms with Crippen molar-refractivity contribution in [3.8, 4) is 5.75 Å². The zero-order valence-electron chi connectivity index (χ0n) is 18.6. The summed E-state index contributed by atoms with van der Waals surface area (Å²) in [4.78, 5) is 17.3. The van der Waals surface area contributed by atoms with Crippen molar-refractivity contribution < 1.29 is 22.4 Å². The second-order valence-corrected chi connectivity index (χ2v) is 11.0. The molecule has 35 heavy (non-hydrogen) atoms. The van der Waals surface area contributed by atoms with Gasteiger partial charge in [0.05, 0.1) is 33.7 Å². The number of hydrogen-bond acceptors (Lipinski definition) is 6. The Morgan fingerprint density at radius 3 is 2.51 bits per heavy atom. The molecule has 8 nitrogen and oxygen atoms in total. The first-order chi connectivity index (χ1) is 16.7. The number of nitrogens with zero attached hydrogens (tertiary/aromatic N) is 1. The lowest BCUT2D eigenvalue weighted by molar-refractivity contribution is 0.102. The highest BCUT2D eigenvalue weighted by Gasteiger charge is 2.24. The maximum absolute atomic E-state index is 13.4. The number of carbonyl (C=O) groups excluding carboxylic acids is 1. The number of hydrogen-bond donors (Lipinski definition) is 2. The molecule has 4 aromatic rings. The highest BCUT2D eigenvalue weighted by atomic mass is 35.5.